The molecule has 0 spiro atoms. The van der Waals surface area contributed by atoms with Gasteiger partial charge in [-0.15, -0.1) is 0 Å². The van der Waals surface area contributed by atoms with E-state index in [1.165, 1.54) is 159 Å². The minimum absolute atomic E-state index is 0.0297. The molecule has 0 aliphatic carbocycles. The Morgan fingerprint density at radius 1 is 0.500 bits per heavy atom. The van der Waals surface area contributed by atoms with Gasteiger partial charge >= 0.3 is 0 Å². The highest BCUT2D eigenvalue weighted by atomic mass is 31.1. The zero-order valence-corrected chi connectivity index (χ0v) is 28.0. The first-order chi connectivity index (χ1) is 18.4. The monoisotopic (exact) mass is 545 g/mol. The third-order valence-corrected chi connectivity index (χ3v) is 11.1. The second-order valence-corrected chi connectivity index (χ2v) is 15.8. The summed E-state index contributed by atoms with van der Waals surface area (Å²) >= 11 is 0. The van der Waals surface area contributed by atoms with Crippen molar-refractivity contribution in [3.05, 3.63) is 29.3 Å². The van der Waals surface area contributed by atoms with E-state index in [-0.39, 0.29) is 13.3 Å². The van der Waals surface area contributed by atoms with Crippen LogP contribution in [0.5, 0.6) is 0 Å². The third-order valence-electron chi connectivity index (χ3n) is 8.37. The summed E-state index contributed by atoms with van der Waals surface area (Å²) in [5.41, 5.74) is 3.33. The van der Waals surface area contributed by atoms with Crippen LogP contribution in [0.1, 0.15) is 187 Å². The van der Waals surface area contributed by atoms with E-state index in [1.54, 1.807) is 10.9 Å². The van der Waals surface area contributed by atoms with Crippen molar-refractivity contribution < 1.29 is 0 Å². The first-order valence-corrected chi connectivity index (χ1v) is 19.0. The highest BCUT2D eigenvalue weighted by Gasteiger charge is 2.22. The summed E-state index contributed by atoms with van der Waals surface area (Å²) in [6, 6.07) is 7.38. The molecule has 0 aliphatic rings. The number of unbranched alkanes of at least 4 members (excludes halogenated alkanes) is 20. The topological polar surface area (TPSA) is 0 Å². The number of hydrogen-bond acceptors (Lipinski definition) is 0. The molecule has 1 aromatic carbocycles. The molecule has 0 unspecified atom stereocenters. The summed E-state index contributed by atoms with van der Waals surface area (Å²) in [5, 5.41) is 1.74. The van der Waals surface area contributed by atoms with E-state index in [9.17, 15) is 0 Å². The van der Waals surface area contributed by atoms with Crippen LogP contribution in [0, 0.1) is 6.92 Å². The van der Waals surface area contributed by atoms with Crippen LogP contribution in [0.4, 0.5) is 0 Å². The average Bonchev–Trinajstić information content (AvgIpc) is 2.88. The molecule has 222 valence electrons. The highest BCUT2D eigenvalue weighted by Crippen LogP contribution is 2.41. The van der Waals surface area contributed by atoms with Crippen molar-refractivity contribution in [1.29, 1.82) is 0 Å². The molecule has 38 heavy (non-hydrogen) atoms. The van der Waals surface area contributed by atoms with Crippen LogP contribution in [0.2, 0.25) is 0 Å². The van der Waals surface area contributed by atoms with Crippen molar-refractivity contribution >= 4 is 13.2 Å². The molecular formula is C37H69P. The van der Waals surface area contributed by atoms with Crippen molar-refractivity contribution in [3.63, 3.8) is 0 Å². The molecule has 0 fully saturated rings. The van der Waals surface area contributed by atoms with Crippen molar-refractivity contribution in [3.8, 4) is 0 Å². The lowest BCUT2D eigenvalue weighted by Gasteiger charge is -2.29. The first-order valence-electron chi connectivity index (χ1n) is 17.3. The number of benzene rings is 1. The summed E-state index contributed by atoms with van der Waals surface area (Å²) in [7, 11) is -0.0297. The Balaban J connectivity index is 2.44. The predicted octanol–water partition coefficient (Wildman–Crippen LogP) is 13.0. The maximum absolute atomic E-state index is 2.57. The molecule has 0 bridgehead atoms. The summed E-state index contributed by atoms with van der Waals surface area (Å²) in [6.07, 6.45) is 34.7. The maximum atomic E-state index is 2.57. The fraction of sp³-hybridized carbons (Fsp3) is 0.838. The third kappa shape index (κ3) is 18.1. The normalized spacial score (nSPS) is 12.1. The Hall–Kier alpha value is -0.350. The molecule has 1 heteroatoms. The van der Waals surface area contributed by atoms with Crippen molar-refractivity contribution in [2.24, 2.45) is 0 Å². The van der Waals surface area contributed by atoms with Gasteiger partial charge in [0.15, 0.2) is 0 Å². The predicted molar refractivity (Wildman–Crippen MR) is 179 cm³/mol. The Kier molecular flexibility index (Phi) is 21.9. The van der Waals surface area contributed by atoms with Gasteiger partial charge in [0, 0.05) is 0 Å². The zero-order valence-electron chi connectivity index (χ0n) is 27.1. The van der Waals surface area contributed by atoms with Crippen molar-refractivity contribution in [1.82, 2.24) is 0 Å². The summed E-state index contributed by atoms with van der Waals surface area (Å²) < 4.78 is 0. The van der Waals surface area contributed by atoms with Crippen LogP contribution in [0.15, 0.2) is 18.2 Å². The summed E-state index contributed by atoms with van der Waals surface area (Å²) in [6.45, 7) is 14.2. The second-order valence-electron chi connectivity index (χ2n) is 13.3. The average molecular weight is 545 g/mol. The Morgan fingerprint density at radius 3 is 1.18 bits per heavy atom. The molecule has 1 rings (SSSR count). The van der Waals surface area contributed by atoms with Crippen molar-refractivity contribution in [2.45, 2.75) is 188 Å². The van der Waals surface area contributed by atoms with Gasteiger partial charge in [-0.3, -0.25) is 0 Å². The lowest BCUT2D eigenvalue weighted by Crippen LogP contribution is -2.23. The van der Waals surface area contributed by atoms with E-state index in [0.717, 1.165) is 0 Å². The maximum Gasteiger partial charge on any atom is -0.0126 e. The summed E-state index contributed by atoms with van der Waals surface area (Å²) in [4.78, 5) is 0. The number of aryl methyl sites for hydroxylation is 1. The largest absolute Gasteiger partial charge is 0.0750 e. The van der Waals surface area contributed by atoms with E-state index in [1.807, 2.05) is 0 Å². The molecule has 0 saturated heterocycles. The van der Waals surface area contributed by atoms with E-state index in [2.05, 4.69) is 59.7 Å². The molecule has 0 amide bonds. The highest BCUT2D eigenvalue weighted by molar-refractivity contribution is 7.65. The van der Waals surface area contributed by atoms with Crippen LogP contribution >= 0.6 is 7.92 Å². The van der Waals surface area contributed by atoms with E-state index in [0.29, 0.717) is 0 Å². The van der Waals surface area contributed by atoms with Gasteiger partial charge in [0.1, 0.15) is 0 Å². The van der Waals surface area contributed by atoms with Crippen LogP contribution < -0.4 is 5.30 Å². The van der Waals surface area contributed by atoms with Gasteiger partial charge in [0.05, 0.1) is 0 Å². The van der Waals surface area contributed by atoms with Gasteiger partial charge in [-0.25, -0.2) is 0 Å². The molecule has 0 heterocycles. The number of rotatable bonds is 25. The Bertz CT molecular complexity index is 629. The van der Waals surface area contributed by atoms with E-state index < -0.39 is 0 Å². The Labute approximate surface area is 242 Å². The van der Waals surface area contributed by atoms with Crippen LogP contribution in [-0.2, 0) is 5.41 Å². The zero-order chi connectivity index (χ0) is 27.9. The second kappa shape index (κ2) is 23.4. The SMILES string of the molecule is CCCCCCCCCCCCCP(CCCCCCCCCCCCC)c1cc(C)ccc1C(C)(C)C. The molecule has 0 radical (unpaired) electrons. The van der Waals surface area contributed by atoms with Gasteiger partial charge in [0.2, 0.25) is 0 Å². The van der Waals surface area contributed by atoms with Gasteiger partial charge < -0.3 is 0 Å². The fourth-order valence-electron chi connectivity index (χ4n) is 5.82. The molecule has 0 saturated carbocycles. The fourth-order valence-corrected chi connectivity index (χ4v) is 8.88. The molecule has 0 nitrogen and oxygen atoms in total. The first kappa shape index (κ1) is 35.7. The lowest BCUT2D eigenvalue weighted by molar-refractivity contribution is 0.553. The molecule has 1 aromatic rings. The molecular weight excluding hydrogens is 475 g/mol. The molecule has 0 atom stereocenters. The molecule has 0 aromatic heterocycles. The lowest BCUT2D eigenvalue weighted by atomic mass is 9.86. The Morgan fingerprint density at radius 2 is 0.842 bits per heavy atom. The quantitative estimate of drug-likeness (QED) is 0.0848. The van der Waals surface area contributed by atoms with Crippen LogP contribution in [-0.4, -0.2) is 12.3 Å². The van der Waals surface area contributed by atoms with Gasteiger partial charge in [-0.1, -0.05) is 195 Å². The van der Waals surface area contributed by atoms with Crippen LogP contribution in [0.3, 0.4) is 0 Å². The smallest absolute Gasteiger partial charge is 0.0126 e. The van der Waals surface area contributed by atoms with E-state index >= 15 is 0 Å². The van der Waals surface area contributed by atoms with Crippen LogP contribution in [0.25, 0.3) is 0 Å². The standard InChI is InChI=1S/C37H69P/c1-7-9-11-13-15-17-19-21-23-25-27-31-38(36-33-34(3)29-30-35(36)37(4,5)6)32-28-26-24-22-20-18-16-14-12-10-8-2/h29-30,33H,7-28,31-32H2,1-6H3. The minimum Gasteiger partial charge on any atom is -0.0750 e. The van der Waals surface area contributed by atoms with Crippen molar-refractivity contribution in [2.75, 3.05) is 12.3 Å². The van der Waals surface area contributed by atoms with Gasteiger partial charge in [-0.2, -0.15) is 0 Å². The molecule has 0 N–H and O–H groups in total. The van der Waals surface area contributed by atoms with Gasteiger partial charge in [0.25, 0.3) is 0 Å². The molecule has 0 aliphatic heterocycles. The van der Waals surface area contributed by atoms with E-state index in [4.69, 9.17) is 0 Å². The summed E-state index contributed by atoms with van der Waals surface area (Å²) in [5.74, 6) is 0. The number of hydrogen-bond donors (Lipinski definition) is 0. The van der Waals surface area contributed by atoms with Gasteiger partial charge in [-0.05, 0) is 48.4 Å². The minimum atomic E-state index is -0.0297.